The zero-order chi connectivity index (χ0) is 26.8. The van der Waals surface area contributed by atoms with E-state index in [1.807, 2.05) is 0 Å². The molecule has 0 fully saturated rings. The van der Waals surface area contributed by atoms with Crippen LogP contribution in [0.25, 0.3) is 0 Å². The number of nitrogens with zero attached hydrogens (tertiary/aromatic N) is 4. The second kappa shape index (κ2) is 13.5. The van der Waals surface area contributed by atoms with E-state index in [0.717, 1.165) is 56.7 Å². The van der Waals surface area contributed by atoms with Gasteiger partial charge in [0.15, 0.2) is 0 Å². The molecule has 3 heterocycles. The number of unbranched alkanes of at least 4 members (excludes halogenated alkanes) is 1. The Morgan fingerprint density at radius 2 is 2.03 bits per heavy atom. The predicted molar refractivity (Wildman–Crippen MR) is 134 cm³/mol. The lowest BCUT2D eigenvalue weighted by Gasteiger charge is -2.24. The summed E-state index contributed by atoms with van der Waals surface area (Å²) in [6.07, 6.45) is 0.302. The summed E-state index contributed by atoms with van der Waals surface area (Å²) in [5.41, 5.74) is 2.40. The van der Waals surface area contributed by atoms with Gasteiger partial charge in [0, 0.05) is 44.2 Å². The number of pyridine rings is 1. The lowest BCUT2D eigenvalue weighted by molar-refractivity contribution is -0.145. The van der Waals surface area contributed by atoms with Crippen LogP contribution in [-0.4, -0.2) is 76.9 Å². The minimum Gasteiger partial charge on any atom is -0.480 e. The molecule has 0 aromatic carbocycles. The van der Waals surface area contributed by atoms with Crippen LogP contribution in [0.15, 0.2) is 18.2 Å². The van der Waals surface area contributed by atoms with Crippen molar-refractivity contribution < 1.29 is 27.8 Å². The van der Waals surface area contributed by atoms with Crippen molar-refractivity contribution >= 4 is 17.6 Å². The van der Waals surface area contributed by atoms with E-state index in [0.29, 0.717) is 19.7 Å². The maximum atomic E-state index is 13.1. The first-order valence-corrected chi connectivity index (χ1v) is 12.5. The molecular weight excluding hydrogens is 489 g/mol. The van der Waals surface area contributed by atoms with Crippen molar-refractivity contribution in [2.24, 2.45) is 0 Å². The second-order valence-corrected chi connectivity index (χ2v) is 9.17. The predicted octanol–water partition coefficient (Wildman–Crippen LogP) is 3.78. The van der Waals surface area contributed by atoms with Gasteiger partial charge in [0.05, 0.1) is 6.61 Å². The molecule has 2 aromatic rings. The summed E-state index contributed by atoms with van der Waals surface area (Å²) in [5, 5.41) is 15.6. The number of alkyl halides is 3. The number of methoxy groups -OCH3 is 1. The van der Waals surface area contributed by atoms with Crippen LogP contribution in [0.2, 0.25) is 0 Å². The molecule has 0 unspecified atom stereocenters. The normalized spacial score (nSPS) is 14.2. The topological polar surface area (TPSA) is 113 Å². The van der Waals surface area contributed by atoms with E-state index >= 15 is 0 Å². The van der Waals surface area contributed by atoms with E-state index in [2.05, 4.69) is 37.6 Å². The summed E-state index contributed by atoms with van der Waals surface area (Å²) in [6, 6.07) is 4.42. The van der Waals surface area contributed by atoms with Crippen LogP contribution in [0.3, 0.4) is 0 Å². The highest BCUT2D eigenvalue weighted by atomic mass is 19.4. The van der Waals surface area contributed by atoms with Crippen molar-refractivity contribution in [3.05, 3.63) is 41.0 Å². The van der Waals surface area contributed by atoms with Crippen molar-refractivity contribution in [3.63, 3.8) is 0 Å². The smallest absolute Gasteiger partial charge is 0.451 e. The average Bonchev–Trinajstić information content (AvgIpc) is 2.85. The van der Waals surface area contributed by atoms with Gasteiger partial charge in [-0.1, -0.05) is 6.07 Å². The highest BCUT2D eigenvalue weighted by molar-refractivity contribution is 5.76. The third-order valence-corrected chi connectivity index (χ3v) is 6.18. The molecule has 0 bridgehead atoms. The Morgan fingerprint density at radius 1 is 1.22 bits per heavy atom. The summed E-state index contributed by atoms with van der Waals surface area (Å²) < 4.78 is 44.4. The van der Waals surface area contributed by atoms with Crippen molar-refractivity contribution in [2.75, 3.05) is 50.5 Å². The van der Waals surface area contributed by atoms with Gasteiger partial charge in [0.25, 0.3) is 0 Å². The highest BCUT2D eigenvalue weighted by Crippen LogP contribution is 2.27. The summed E-state index contributed by atoms with van der Waals surface area (Å²) in [4.78, 5) is 25.5. The van der Waals surface area contributed by atoms with Crippen LogP contribution < -0.4 is 10.6 Å². The maximum absolute atomic E-state index is 13.1. The number of halogens is 3. The molecule has 37 heavy (non-hydrogen) atoms. The fourth-order valence-corrected chi connectivity index (χ4v) is 4.22. The molecule has 12 heteroatoms. The van der Waals surface area contributed by atoms with Crippen molar-refractivity contribution in [2.45, 2.75) is 57.7 Å². The third kappa shape index (κ3) is 9.12. The van der Waals surface area contributed by atoms with Crippen molar-refractivity contribution in [1.82, 2.24) is 19.9 Å². The summed E-state index contributed by atoms with van der Waals surface area (Å²) in [5.74, 6) is -1.64. The molecule has 3 N–H and O–H groups in total. The van der Waals surface area contributed by atoms with Crippen LogP contribution in [0.1, 0.15) is 48.5 Å². The number of carboxylic acids is 1. The first-order chi connectivity index (χ1) is 17.7. The summed E-state index contributed by atoms with van der Waals surface area (Å²) in [7, 11) is 1.60. The molecule has 1 atom stereocenters. The largest absolute Gasteiger partial charge is 0.480 e. The van der Waals surface area contributed by atoms with Gasteiger partial charge in [-0.2, -0.15) is 13.2 Å². The Balaban J connectivity index is 1.53. The number of anilines is 2. The molecule has 0 amide bonds. The lowest BCUT2D eigenvalue weighted by atomic mass is 10.1. The Labute approximate surface area is 214 Å². The number of aliphatic carboxylic acids is 1. The number of aryl methyl sites for hydroxylation is 3. The van der Waals surface area contributed by atoms with E-state index in [1.165, 1.54) is 18.6 Å². The van der Waals surface area contributed by atoms with E-state index < -0.39 is 24.0 Å². The zero-order valence-corrected chi connectivity index (χ0v) is 21.3. The van der Waals surface area contributed by atoms with Gasteiger partial charge in [-0.25, -0.2) is 19.7 Å². The summed E-state index contributed by atoms with van der Waals surface area (Å²) in [6.45, 7) is 4.64. The number of carboxylic acid groups (broad SMARTS) is 1. The van der Waals surface area contributed by atoms with Gasteiger partial charge < -0.3 is 25.4 Å². The fraction of sp³-hybridized carbons (Fsp3) is 0.600. The highest BCUT2D eigenvalue weighted by Gasteiger charge is 2.35. The molecule has 9 nitrogen and oxygen atoms in total. The lowest BCUT2D eigenvalue weighted by Crippen LogP contribution is -2.37. The van der Waals surface area contributed by atoms with Gasteiger partial charge in [0.2, 0.25) is 5.82 Å². The van der Waals surface area contributed by atoms with Gasteiger partial charge in [-0.15, -0.1) is 0 Å². The Morgan fingerprint density at radius 3 is 2.76 bits per heavy atom. The van der Waals surface area contributed by atoms with Crippen LogP contribution in [0.5, 0.6) is 0 Å². The third-order valence-electron chi connectivity index (χ3n) is 6.18. The summed E-state index contributed by atoms with van der Waals surface area (Å²) >= 11 is 0. The molecule has 0 radical (unpaired) electrons. The Bertz CT molecular complexity index is 1040. The van der Waals surface area contributed by atoms with Crippen LogP contribution >= 0.6 is 0 Å². The minimum absolute atomic E-state index is 0.0971. The number of ether oxygens (including phenoxy) is 1. The standard InChI is InChI=1S/C25H35F3N6O3/c1-17-16-21(33-24(30-17)25(26,27)28)32-20(23(35)36)10-13-34(14-15-37-2)12-4-3-7-19-9-8-18-6-5-11-29-22(18)31-19/h8-9,16,20H,3-7,10-15H2,1-2H3,(H,29,31)(H,35,36)(H,30,32,33)/t20-/m0/s1. The molecule has 3 rings (SSSR count). The zero-order valence-electron chi connectivity index (χ0n) is 21.3. The van der Waals surface area contributed by atoms with E-state index in [1.54, 1.807) is 7.11 Å². The van der Waals surface area contributed by atoms with Crippen molar-refractivity contribution in [3.8, 4) is 0 Å². The molecule has 204 valence electrons. The number of aromatic nitrogens is 3. The van der Waals surface area contributed by atoms with Gasteiger partial charge in [-0.3, -0.25) is 0 Å². The van der Waals surface area contributed by atoms with Crippen molar-refractivity contribution in [1.29, 1.82) is 0 Å². The average molecular weight is 525 g/mol. The van der Waals surface area contributed by atoms with Crippen LogP contribution in [0, 0.1) is 6.92 Å². The van der Waals surface area contributed by atoms with E-state index in [-0.39, 0.29) is 17.9 Å². The van der Waals surface area contributed by atoms with E-state index in [4.69, 9.17) is 9.72 Å². The van der Waals surface area contributed by atoms with Gasteiger partial charge >= 0.3 is 12.1 Å². The number of nitrogens with one attached hydrogen (secondary N) is 2. The number of rotatable bonds is 14. The molecule has 1 aliphatic rings. The van der Waals surface area contributed by atoms with Crippen LogP contribution in [-0.2, 0) is 28.5 Å². The number of carbonyl (C=O) groups is 1. The van der Waals surface area contributed by atoms with Gasteiger partial charge in [-0.05, 0) is 63.6 Å². The molecule has 0 saturated carbocycles. The molecule has 1 aliphatic heterocycles. The van der Waals surface area contributed by atoms with Crippen LogP contribution in [0.4, 0.5) is 24.8 Å². The number of fused-ring (bicyclic) bond motifs is 1. The Hall–Kier alpha value is -2.99. The quantitative estimate of drug-likeness (QED) is 0.318. The first-order valence-electron chi connectivity index (χ1n) is 12.5. The fourth-order valence-electron chi connectivity index (χ4n) is 4.22. The monoisotopic (exact) mass is 524 g/mol. The number of hydrogen-bond acceptors (Lipinski definition) is 8. The molecule has 0 aliphatic carbocycles. The minimum atomic E-state index is -4.72. The second-order valence-electron chi connectivity index (χ2n) is 9.17. The molecular formula is C25H35F3N6O3. The first kappa shape index (κ1) is 28.6. The Kier molecular flexibility index (Phi) is 10.4. The van der Waals surface area contributed by atoms with Gasteiger partial charge in [0.1, 0.15) is 17.7 Å². The number of hydrogen-bond donors (Lipinski definition) is 3. The molecule has 0 spiro atoms. The molecule has 2 aromatic heterocycles. The molecule has 0 saturated heterocycles. The SMILES string of the molecule is COCCN(CCCCc1ccc2c(n1)NCCC2)CC[C@H](Nc1cc(C)nc(C(F)(F)F)n1)C(=O)O. The van der Waals surface area contributed by atoms with E-state index in [9.17, 15) is 23.1 Å². The maximum Gasteiger partial charge on any atom is 0.451 e.